The van der Waals surface area contributed by atoms with Crippen LogP contribution in [0.4, 0.5) is 0 Å². The number of aromatic amines is 1. The molecule has 68 valence electrons. The Hall–Kier alpha value is -0.840. The maximum atomic E-state index is 8.80. The number of aliphatic hydroxyl groups excluding tert-OH is 1. The topological polar surface area (TPSA) is 61.8 Å². The van der Waals surface area contributed by atoms with Crippen LogP contribution in [-0.2, 0) is 6.61 Å². The molecule has 0 aliphatic heterocycles. The molecular formula is C7H5Cl2N3O. The second-order valence-corrected chi connectivity index (χ2v) is 3.26. The van der Waals surface area contributed by atoms with Gasteiger partial charge in [-0.05, 0) is 6.07 Å². The van der Waals surface area contributed by atoms with Gasteiger partial charge in [0.2, 0.25) is 0 Å². The number of halogens is 2. The third kappa shape index (κ3) is 1.48. The minimum absolute atomic E-state index is 0.176. The van der Waals surface area contributed by atoms with E-state index < -0.39 is 0 Å². The van der Waals surface area contributed by atoms with Gasteiger partial charge >= 0.3 is 0 Å². The Morgan fingerprint density at radius 2 is 2.15 bits per heavy atom. The molecule has 0 radical (unpaired) electrons. The van der Waals surface area contributed by atoms with E-state index in [9.17, 15) is 0 Å². The third-order valence-electron chi connectivity index (χ3n) is 1.58. The lowest BCUT2D eigenvalue weighted by Gasteiger charge is -1.92. The van der Waals surface area contributed by atoms with Gasteiger partial charge in [0, 0.05) is 0 Å². The molecule has 0 amide bonds. The normalized spacial score (nSPS) is 11.0. The smallest absolute Gasteiger partial charge is 0.180 e. The predicted molar refractivity (Wildman–Crippen MR) is 49.8 cm³/mol. The summed E-state index contributed by atoms with van der Waals surface area (Å²) in [5.41, 5.74) is 1.01. The molecule has 0 unspecified atom stereocenters. The zero-order valence-corrected chi connectivity index (χ0v) is 7.89. The van der Waals surface area contributed by atoms with Crippen molar-refractivity contribution in [3.05, 3.63) is 22.1 Å². The largest absolute Gasteiger partial charge is 0.388 e. The number of imidazole rings is 1. The predicted octanol–water partition coefficient (Wildman–Crippen LogP) is 1.76. The molecule has 0 saturated carbocycles. The van der Waals surface area contributed by atoms with Gasteiger partial charge in [-0.2, -0.15) is 0 Å². The lowest BCUT2D eigenvalue weighted by atomic mass is 10.4. The number of H-pyrrole nitrogens is 1. The van der Waals surface area contributed by atoms with Gasteiger partial charge in [0.25, 0.3) is 0 Å². The molecule has 0 aliphatic carbocycles. The summed E-state index contributed by atoms with van der Waals surface area (Å²) in [6, 6.07) is 1.52. The molecule has 2 heterocycles. The monoisotopic (exact) mass is 217 g/mol. The Labute approximate surface area is 83.5 Å². The van der Waals surface area contributed by atoms with Crippen molar-refractivity contribution in [1.29, 1.82) is 0 Å². The van der Waals surface area contributed by atoms with Crippen LogP contribution >= 0.6 is 23.2 Å². The maximum absolute atomic E-state index is 8.80. The van der Waals surface area contributed by atoms with Crippen LogP contribution in [-0.4, -0.2) is 20.1 Å². The summed E-state index contributed by atoms with van der Waals surface area (Å²) in [6.45, 7) is -0.176. The van der Waals surface area contributed by atoms with Crippen molar-refractivity contribution in [2.45, 2.75) is 6.61 Å². The van der Waals surface area contributed by atoms with Crippen LogP contribution in [0.1, 0.15) is 5.82 Å². The van der Waals surface area contributed by atoms with Gasteiger partial charge in [-0.1, -0.05) is 23.2 Å². The van der Waals surface area contributed by atoms with E-state index in [1.165, 1.54) is 6.07 Å². The summed E-state index contributed by atoms with van der Waals surface area (Å²) in [7, 11) is 0. The Kier molecular flexibility index (Phi) is 2.11. The van der Waals surface area contributed by atoms with Crippen LogP contribution in [0, 0.1) is 0 Å². The van der Waals surface area contributed by atoms with Gasteiger partial charge in [0.15, 0.2) is 5.65 Å². The summed E-state index contributed by atoms with van der Waals surface area (Å²) in [4.78, 5) is 10.7. The molecule has 0 spiro atoms. The van der Waals surface area contributed by atoms with Crippen LogP contribution in [0.15, 0.2) is 6.07 Å². The number of fused-ring (bicyclic) bond motifs is 1. The number of rotatable bonds is 1. The molecule has 2 rings (SSSR count). The molecule has 13 heavy (non-hydrogen) atoms. The summed E-state index contributed by atoms with van der Waals surface area (Å²) in [5.74, 6) is 0.423. The van der Waals surface area contributed by atoms with Crippen LogP contribution in [0.25, 0.3) is 11.2 Å². The van der Waals surface area contributed by atoms with Crippen LogP contribution < -0.4 is 0 Å². The zero-order chi connectivity index (χ0) is 9.42. The first-order chi connectivity index (χ1) is 6.20. The minimum atomic E-state index is -0.176. The number of pyridine rings is 1. The van der Waals surface area contributed by atoms with Gasteiger partial charge in [0.1, 0.15) is 23.1 Å². The third-order valence-corrected chi connectivity index (χ3v) is 2.07. The van der Waals surface area contributed by atoms with Crippen LogP contribution in [0.2, 0.25) is 10.2 Å². The maximum Gasteiger partial charge on any atom is 0.180 e. The van der Waals surface area contributed by atoms with Crippen molar-refractivity contribution in [2.24, 2.45) is 0 Å². The minimum Gasteiger partial charge on any atom is -0.388 e. The van der Waals surface area contributed by atoms with Crippen molar-refractivity contribution in [3.63, 3.8) is 0 Å². The van der Waals surface area contributed by atoms with E-state index in [0.29, 0.717) is 22.0 Å². The number of aromatic nitrogens is 3. The number of aliphatic hydroxyl groups is 1. The number of nitrogens with zero attached hydrogens (tertiary/aromatic N) is 2. The van der Waals surface area contributed by atoms with E-state index in [2.05, 4.69) is 15.0 Å². The molecular weight excluding hydrogens is 213 g/mol. The fourth-order valence-corrected chi connectivity index (χ4v) is 1.52. The molecule has 0 fully saturated rings. The fraction of sp³-hybridized carbons (Fsp3) is 0.143. The quantitative estimate of drug-likeness (QED) is 0.716. The molecule has 2 N–H and O–H groups in total. The van der Waals surface area contributed by atoms with Crippen molar-refractivity contribution >= 4 is 34.4 Å². The van der Waals surface area contributed by atoms with Gasteiger partial charge in [-0.25, -0.2) is 9.97 Å². The number of nitrogens with one attached hydrogen (secondary N) is 1. The first-order valence-corrected chi connectivity index (χ1v) is 4.28. The molecule has 2 aromatic rings. The lowest BCUT2D eigenvalue weighted by Crippen LogP contribution is -1.83. The van der Waals surface area contributed by atoms with E-state index in [-0.39, 0.29) is 11.8 Å². The summed E-state index contributed by atoms with van der Waals surface area (Å²) < 4.78 is 0. The van der Waals surface area contributed by atoms with E-state index in [4.69, 9.17) is 28.3 Å². The highest BCUT2D eigenvalue weighted by Crippen LogP contribution is 2.23. The summed E-state index contributed by atoms with van der Waals surface area (Å²) >= 11 is 11.5. The molecule has 0 aliphatic rings. The van der Waals surface area contributed by atoms with Gasteiger partial charge in [-0.15, -0.1) is 0 Å². The SMILES string of the molecule is OCc1nc2nc(Cl)cc(Cl)c2[nH]1. The standard InChI is InChI=1S/C7H5Cl2N3O/c8-3-1-4(9)10-7-6(3)11-5(2-13)12-7/h1,13H,2H2,(H,10,11,12). The molecule has 2 aromatic heterocycles. The van der Waals surface area contributed by atoms with Gasteiger partial charge in [-0.3, -0.25) is 0 Å². The molecule has 0 bridgehead atoms. The highest BCUT2D eigenvalue weighted by Gasteiger charge is 2.07. The summed E-state index contributed by atoms with van der Waals surface area (Å²) in [5, 5.41) is 9.53. The van der Waals surface area contributed by atoms with E-state index in [0.717, 1.165) is 0 Å². The first-order valence-electron chi connectivity index (χ1n) is 3.52. The fourth-order valence-electron chi connectivity index (χ4n) is 1.04. The molecule has 0 saturated heterocycles. The number of hydrogen-bond acceptors (Lipinski definition) is 3. The molecule has 0 aromatic carbocycles. The van der Waals surface area contributed by atoms with Crippen LogP contribution in [0.5, 0.6) is 0 Å². The Morgan fingerprint density at radius 3 is 2.85 bits per heavy atom. The Balaban J connectivity index is 2.75. The molecule has 0 atom stereocenters. The Bertz CT molecular complexity index is 454. The van der Waals surface area contributed by atoms with Crippen molar-refractivity contribution < 1.29 is 5.11 Å². The second-order valence-electron chi connectivity index (χ2n) is 2.47. The highest BCUT2D eigenvalue weighted by molar-refractivity contribution is 6.37. The van der Waals surface area contributed by atoms with Gasteiger partial charge in [0.05, 0.1) is 5.02 Å². The molecule has 4 nitrogen and oxygen atoms in total. The molecule has 6 heteroatoms. The van der Waals surface area contributed by atoms with E-state index in [1.807, 2.05) is 0 Å². The Morgan fingerprint density at radius 1 is 1.38 bits per heavy atom. The van der Waals surface area contributed by atoms with E-state index >= 15 is 0 Å². The lowest BCUT2D eigenvalue weighted by molar-refractivity contribution is 0.273. The summed E-state index contributed by atoms with van der Waals surface area (Å²) in [6.07, 6.45) is 0. The highest BCUT2D eigenvalue weighted by atomic mass is 35.5. The van der Waals surface area contributed by atoms with E-state index in [1.54, 1.807) is 0 Å². The average Bonchev–Trinajstić information content (AvgIpc) is 2.47. The van der Waals surface area contributed by atoms with Crippen molar-refractivity contribution in [3.8, 4) is 0 Å². The first kappa shape index (κ1) is 8.74. The number of hydrogen-bond donors (Lipinski definition) is 2. The van der Waals surface area contributed by atoms with Crippen LogP contribution in [0.3, 0.4) is 0 Å². The van der Waals surface area contributed by atoms with Crippen molar-refractivity contribution in [2.75, 3.05) is 0 Å². The van der Waals surface area contributed by atoms with Crippen molar-refractivity contribution in [1.82, 2.24) is 15.0 Å². The average molecular weight is 218 g/mol. The zero-order valence-electron chi connectivity index (χ0n) is 6.38. The van der Waals surface area contributed by atoms with Gasteiger partial charge < -0.3 is 10.1 Å². The second kappa shape index (κ2) is 3.14.